The first-order valence-corrected chi connectivity index (χ1v) is 6.13. The molecule has 0 bridgehead atoms. The molecule has 1 saturated carbocycles. The summed E-state index contributed by atoms with van der Waals surface area (Å²) in [7, 11) is 0. The predicted octanol–water partition coefficient (Wildman–Crippen LogP) is 3.45. The molecule has 0 spiro atoms. The number of benzene rings is 1. The summed E-state index contributed by atoms with van der Waals surface area (Å²) in [4.78, 5) is 0. The van der Waals surface area contributed by atoms with Crippen LogP contribution in [0.1, 0.15) is 38.2 Å². The monoisotopic (exact) mass is 240 g/mol. The fourth-order valence-corrected chi connectivity index (χ4v) is 2.47. The van der Waals surface area contributed by atoms with Crippen molar-refractivity contribution in [1.82, 2.24) is 0 Å². The highest BCUT2D eigenvalue weighted by Gasteiger charge is 2.30. The first-order valence-electron chi connectivity index (χ1n) is 6.13. The molecule has 3 heteroatoms. The second kappa shape index (κ2) is 4.73. The summed E-state index contributed by atoms with van der Waals surface area (Å²) in [5.41, 5.74) is -1.02. The van der Waals surface area contributed by atoms with Crippen LogP contribution >= 0.6 is 0 Å². The number of halogens is 2. The van der Waals surface area contributed by atoms with Gasteiger partial charge in [-0.25, -0.2) is 8.78 Å². The Balaban J connectivity index is 2.07. The second-order valence-corrected chi connectivity index (χ2v) is 5.37. The molecule has 0 radical (unpaired) electrons. The lowest BCUT2D eigenvalue weighted by Crippen LogP contribution is -2.33. The van der Waals surface area contributed by atoms with Crippen LogP contribution in [0, 0.1) is 17.6 Å². The molecule has 0 saturated heterocycles. The van der Waals surface area contributed by atoms with Gasteiger partial charge in [0.2, 0.25) is 0 Å². The van der Waals surface area contributed by atoms with Crippen molar-refractivity contribution < 1.29 is 13.9 Å². The van der Waals surface area contributed by atoms with Gasteiger partial charge in [-0.05, 0) is 31.4 Å². The Morgan fingerprint density at radius 3 is 2.35 bits per heavy atom. The molecule has 1 aliphatic rings. The Kier molecular flexibility index (Phi) is 3.48. The van der Waals surface area contributed by atoms with E-state index >= 15 is 0 Å². The molecular weight excluding hydrogens is 222 g/mol. The van der Waals surface area contributed by atoms with Gasteiger partial charge in [0.25, 0.3) is 0 Å². The summed E-state index contributed by atoms with van der Waals surface area (Å²) < 4.78 is 26.9. The molecule has 1 aromatic rings. The molecule has 1 unspecified atom stereocenters. The van der Waals surface area contributed by atoms with E-state index in [-0.39, 0.29) is 12.0 Å². The summed E-state index contributed by atoms with van der Waals surface area (Å²) in [6.07, 6.45) is 4.11. The Morgan fingerprint density at radius 1 is 1.29 bits per heavy atom. The number of hydrogen-bond acceptors (Lipinski definition) is 1. The molecule has 1 aromatic carbocycles. The van der Waals surface area contributed by atoms with Gasteiger partial charge >= 0.3 is 0 Å². The highest BCUT2D eigenvalue weighted by atomic mass is 19.1. The van der Waals surface area contributed by atoms with Gasteiger partial charge < -0.3 is 5.11 Å². The average molecular weight is 240 g/mol. The maximum absolute atomic E-state index is 13.5. The lowest BCUT2D eigenvalue weighted by atomic mass is 9.76. The minimum atomic E-state index is -1.02. The number of aliphatic hydroxyl groups is 1. The fourth-order valence-electron chi connectivity index (χ4n) is 2.47. The van der Waals surface area contributed by atoms with Gasteiger partial charge in [-0.2, -0.15) is 0 Å². The van der Waals surface area contributed by atoms with Gasteiger partial charge in [0.05, 0.1) is 5.60 Å². The third-order valence-electron chi connectivity index (χ3n) is 3.57. The standard InChI is InChI=1S/C14H18F2O/c1-14(17,8-10-4-2-5-10)9-11-12(15)6-3-7-13(11)16/h3,6-7,10,17H,2,4-5,8-9H2,1H3. The molecule has 0 aromatic heterocycles. The van der Waals surface area contributed by atoms with Gasteiger partial charge in [-0.3, -0.25) is 0 Å². The zero-order valence-electron chi connectivity index (χ0n) is 10.0. The van der Waals surface area contributed by atoms with E-state index in [1.165, 1.54) is 24.6 Å². The summed E-state index contributed by atoms with van der Waals surface area (Å²) >= 11 is 0. The zero-order chi connectivity index (χ0) is 12.5. The second-order valence-electron chi connectivity index (χ2n) is 5.37. The average Bonchev–Trinajstić information content (AvgIpc) is 2.18. The van der Waals surface area contributed by atoms with Crippen molar-refractivity contribution >= 4 is 0 Å². The molecule has 0 amide bonds. The molecular formula is C14H18F2O. The molecule has 2 rings (SSSR count). The number of hydrogen-bond donors (Lipinski definition) is 1. The van der Waals surface area contributed by atoms with E-state index in [9.17, 15) is 13.9 Å². The van der Waals surface area contributed by atoms with Crippen LogP contribution in [0.5, 0.6) is 0 Å². The van der Waals surface area contributed by atoms with Gasteiger partial charge in [0.1, 0.15) is 11.6 Å². The fraction of sp³-hybridized carbons (Fsp3) is 0.571. The van der Waals surface area contributed by atoms with Gasteiger partial charge in [0, 0.05) is 12.0 Å². The van der Waals surface area contributed by atoms with Gasteiger partial charge in [-0.15, -0.1) is 0 Å². The van der Waals surface area contributed by atoms with E-state index in [1.54, 1.807) is 6.92 Å². The molecule has 94 valence electrons. The third kappa shape index (κ3) is 3.03. The lowest BCUT2D eigenvalue weighted by molar-refractivity contribution is 0.0190. The molecule has 1 atom stereocenters. The van der Waals surface area contributed by atoms with Crippen molar-refractivity contribution in [3.05, 3.63) is 35.4 Å². The minimum absolute atomic E-state index is 0.00294. The maximum atomic E-state index is 13.5. The molecule has 1 fully saturated rings. The van der Waals surface area contributed by atoms with Gasteiger partial charge in [-0.1, -0.05) is 25.3 Å². The first-order chi connectivity index (χ1) is 7.98. The Labute approximate surface area is 100 Å². The molecule has 1 aliphatic carbocycles. The van der Waals surface area contributed by atoms with Crippen LogP contribution in [0.15, 0.2) is 18.2 Å². The van der Waals surface area contributed by atoms with Crippen LogP contribution in [0.2, 0.25) is 0 Å². The SMILES string of the molecule is CC(O)(Cc1c(F)cccc1F)CC1CCC1. The Bertz CT molecular complexity index is 377. The summed E-state index contributed by atoms with van der Waals surface area (Å²) in [5.74, 6) is -0.627. The van der Waals surface area contributed by atoms with Crippen molar-refractivity contribution in [2.75, 3.05) is 0 Å². The van der Waals surface area contributed by atoms with E-state index in [2.05, 4.69) is 0 Å². The summed E-state index contributed by atoms with van der Waals surface area (Å²) in [6.45, 7) is 1.66. The van der Waals surface area contributed by atoms with Crippen molar-refractivity contribution in [1.29, 1.82) is 0 Å². The quantitative estimate of drug-likeness (QED) is 0.854. The molecule has 0 heterocycles. The zero-order valence-corrected chi connectivity index (χ0v) is 10.0. The largest absolute Gasteiger partial charge is 0.390 e. The molecule has 1 nitrogen and oxygen atoms in total. The molecule has 1 N–H and O–H groups in total. The topological polar surface area (TPSA) is 20.2 Å². The van der Waals surface area contributed by atoms with Crippen molar-refractivity contribution in [3.8, 4) is 0 Å². The van der Waals surface area contributed by atoms with E-state index in [0.717, 1.165) is 12.8 Å². The van der Waals surface area contributed by atoms with E-state index in [0.29, 0.717) is 12.3 Å². The Morgan fingerprint density at radius 2 is 1.88 bits per heavy atom. The van der Waals surface area contributed by atoms with Crippen LogP contribution < -0.4 is 0 Å². The molecule has 17 heavy (non-hydrogen) atoms. The van der Waals surface area contributed by atoms with E-state index in [4.69, 9.17) is 0 Å². The highest BCUT2D eigenvalue weighted by molar-refractivity contribution is 5.21. The Hall–Kier alpha value is -0.960. The summed E-state index contributed by atoms with van der Waals surface area (Å²) in [5, 5.41) is 10.2. The lowest BCUT2D eigenvalue weighted by Gasteiger charge is -2.33. The van der Waals surface area contributed by atoms with E-state index in [1.807, 2.05) is 0 Å². The van der Waals surface area contributed by atoms with Crippen molar-refractivity contribution in [2.45, 2.75) is 44.6 Å². The van der Waals surface area contributed by atoms with Gasteiger partial charge in [0.15, 0.2) is 0 Å². The molecule has 0 aliphatic heterocycles. The highest BCUT2D eigenvalue weighted by Crippen LogP contribution is 2.35. The van der Waals surface area contributed by atoms with Crippen LogP contribution in [-0.2, 0) is 6.42 Å². The van der Waals surface area contributed by atoms with Crippen LogP contribution in [0.25, 0.3) is 0 Å². The third-order valence-corrected chi connectivity index (χ3v) is 3.57. The normalized spacial score (nSPS) is 19.8. The first kappa shape index (κ1) is 12.5. The minimum Gasteiger partial charge on any atom is -0.390 e. The smallest absolute Gasteiger partial charge is 0.129 e. The van der Waals surface area contributed by atoms with Crippen molar-refractivity contribution in [3.63, 3.8) is 0 Å². The van der Waals surface area contributed by atoms with Crippen LogP contribution in [0.3, 0.4) is 0 Å². The van der Waals surface area contributed by atoms with E-state index < -0.39 is 17.2 Å². The van der Waals surface area contributed by atoms with Crippen molar-refractivity contribution in [2.24, 2.45) is 5.92 Å². The van der Waals surface area contributed by atoms with Crippen LogP contribution in [-0.4, -0.2) is 10.7 Å². The number of rotatable bonds is 4. The van der Waals surface area contributed by atoms with Crippen LogP contribution in [0.4, 0.5) is 8.78 Å². The predicted molar refractivity (Wildman–Crippen MR) is 62.6 cm³/mol. The maximum Gasteiger partial charge on any atom is 0.129 e. The summed E-state index contributed by atoms with van der Waals surface area (Å²) in [6, 6.07) is 3.81.